The van der Waals surface area contributed by atoms with Crippen LogP contribution in [0.4, 0.5) is 4.39 Å². The van der Waals surface area contributed by atoms with Crippen LogP contribution in [0, 0.1) is 5.82 Å². The second kappa shape index (κ2) is 7.23. The van der Waals surface area contributed by atoms with Gasteiger partial charge in [-0.05, 0) is 42.7 Å². The summed E-state index contributed by atoms with van der Waals surface area (Å²) in [6.07, 6.45) is 0.969. The molecule has 0 aliphatic heterocycles. The van der Waals surface area contributed by atoms with Crippen molar-refractivity contribution in [1.82, 2.24) is 5.32 Å². The van der Waals surface area contributed by atoms with Crippen molar-refractivity contribution in [3.63, 3.8) is 0 Å². The first kappa shape index (κ1) is 15.5. The first-order valence-electron chi connectivity index (χ1n) is 6.84. The third kappa shape index (κ3) is 4.57. The Balaban J connectivity index is 1.87. The molecule has 0 aliphatic rings. The molecule has 0 spiro atoms. The molecule has 0 radical (unpaired) electrons. The number of nitrogens with one attached hydrogen (secondary N) is 1. The van der Waals surface area contributed by atoms with Crippen molar-refractivity contribution in [2.24, 2.45) is 0 Å². The molecular weight excluding hydrogens is 289 g/mol. The lowest BCUT2D eigenvalue weighted by Gasteiger charge is -2.14. The van der Waals surface area contributed by atoms with E-state index in [1.165, 1.54) is 12.1 Å². The average molecular weight is 306 g/mol. The highest BCUT2D eigenvalue weighted by Crippen LogP contribution is 2.17. The molecule has 1 atom stereocenters. The van der Waals surface area contributed by atoms with E-state index in [-0.39, 0.29) is 17.8 Å². The van der Waals surface area contributed by atoms with E-state index >= 15 is 0 Å². The predicted octanol–water partition coefficient (Wildman–Crippen LogP) is 4.29. The molecule has 1 amide bonds. The molecular formula is C17H17ClFNO. The molecule has 0 fully saturated rings. The Labute approximate surface area is 128 Å². The number of amides is 1. The highest BCUT2D eigenvalue weighted by atomic mass is 35.5. The summed E-state index contributed by atoms with van der Waals surface area (Å²) < 4.78 is 12.9. The van der Waals surface area contributed by atoms with E-state index in [4.69, 9.17) is 11.6 Å². The lowest BCUT2D eigenvalue weighted by atomic mass is 10.1. The smallest absolute Gasteiger partial charge is 0.220 e. The minimum atomic E-state index is -0.281. The Morgan fingerprint density at radius 2 is 1.86 bits per heavy atom. The van der Waals surface area contributed by atoms with E-state index in [2.05, 4.69) is 5.32 Å². The molecule has 0 saturated carbocycles. The lowest BCUT2D eigenvalue weighted by Crippen LogP contribution is -2.26. The molecule has 4 heteroatoms. The second-order valence-electron chi connectivity index (χ2n) is 4.93. The van der Waals surface area contributed by atoms with Crippen molar-refractivity contribution in [1.29, 1.82) is 0 Å². The van der Waals surface area contributed by atoms with E-state index in [0.29, 0.717) is 17.9 Å². The Morgan fingerprint density at radius 3 is 2.52 bits per heavy atom. The average Bonchev–Trinajstić information content (AvgIpc) is 2.47. The van der Waals surface area contributed by atoms with Crippen LogP contribution in [-0.4, -0.2) is 5.91 Å². The van der Waals surface area contributed by atoms with Crippen molar-refractivity contribution in [3.05, 3.63) is 70.5 Å². The molecule has 0 saturated heterocycles. The van der Waals surface area contributed by atoms with Crippen molar-refractivity contribution in [3.8, 4) is 0 Å². The molecule has 0 aliphatic carbocycles. The molecule has 2 aromatic rings. The van der Waals surface area contributed by atoms with E-state index < -0.39 is 0 Å². The summed E-state index contributed by atoms with van der Waals surface area (Å²) >= 11 is 6.06. The lowest BCUT2D eigenvalue weighted by molar-refractivity contribution is -0.121. The van der Waals surface area contributed by atoms with E-state index in [0.717, 1.165) is 11.1 Å². The summed E-state index contributed by atoms with van der Waals surface area (Å²) in [4.78, 5) is 12.0. The largest absolute Gasteiger partial charge is 0.350 e. The summed E-state index contributed by atoms with van der Waals surface area (Å²) in [7, 11) is 0. The summed E-state index contributed by atoms with van der Waals surface area (Å²) in [5, 5.41) is 3.58. The number of halogens is 2. The van der Waals surface area contributed by atoms with Gasteiger partial charge in [0.05, 0.1) is 6.04 Å². The van der Waals surface area contributed by atoms with Gasteiger partial charge in [0.15, 0.2) is 0 Å². The topological polar surface area (TPSA) is 29.1 Å². The van der Waals surface area contributed by atoms with Gasteiger partial charge in [0.2, 0.25) is 5.91 Å². The molecule has 0 aromatic heterocycles. The van der Waals surface area contributed by atoms with Crippen LogP contribution in [0.15, 0.2) is 48.5 Å². The summed E-state index contributed by atoms with van der Waals surface area (Å²) in [6, 6.07) is 13.5. The summed E-state index contributed by atoms with van der Waals surface area (Å²) in [5.74, 6) is -0.331. The minimum Gasteiger partial charge on any atom is -0.350 e. The first-order valence-corrected chi connectivity index (χ1v) is 7.22. The van der Waals surface area contributed by atoms with Crippen molar-refractivity contribution < 1.29 is 9.18 Å². The van der Waals surface area contributed by atoms with Gasteiger partial charge in [-0.1, -0.05) is 41.9 Å². The maximum atomic E-state index is 12.9. The van der Waals surface area contributed by atoms with Crippen LogP contribution in [0.5, 0.6) is 0 Å². The van der Waals surface area contributed by atoms with Crippen LogP contribution >= 0.6 is 11.6 Å². The Bertz CT molecular complexity index is 612. The highest BCUT2D eigenvalue weighted by Gasteiger charge is 2.10. The zero-order valence-corrected chi connectivity index (χ0v) is 12.5. The van der Waals surface area contributed by atoms with Crippen LogP contribution in [0.2, 0.25) is 5.02 Å². The molecule has 2 aromatic carbocycles. The maximum absolute atomic E-state index is 12.9. The number of carbonyl (C=O) groups is 1. The monoisotopic (exact) mass is 305 g/mol. The minimum absolute atomic E-state index is 0.0493. The van der Waals surface area contributed by atoms with Gasteiger partial charge in [-0.25, -0.2) is 4.39 Å². The molecule has 0 unspecified atom stereocenters. The van der Waals surface area contributed by atoms with Gasteiger partial charge in [-0.15, -0.1) is 0 Å². The molecule has 0 bridgehead atoms. The first-order chi connectivity index (χ1) is 10.1. The van der Waals surface area contributed by atoms with Gasteiger partial charge >= 0.3 is 0 Å². The van der Waals surface area contributed by atoms with Crippen molar-refractivity contribution >= 4 is 17.5 Å². The van der Waals surface area contributed by atoms with Crippen LogP contribution < -0.4 is 5.32 Å². The quantitative estimate of drug-likeness (QED) is 0.877. The SMILES string of the molecule is C[C@H](NC(=O)CCc1ccccc1Cl)c1ccc(F)cc1. The van der Waals surface area contributed by atoms with Crippen molar-refractivity contribution in [2.75, 3.05) is 0 Å². The van der Waals surface area contributed by atoms with Gasteiger partial charge in [0.25, 0.3) is 0 Å². The molecule has 2 rings (SSSR count). The predicted molar refractivity (Wildman–Crippen MR) is 82.7 cm³/mol. The third-order valence-electron chi connectivity index (χ3n) is 3.33. The Hall–Kier alpha value is -1.87. The number of hydrogen-bond acceptors (Lipinski definition) is 1. The summed E-state index contributed by atoms with van der Waals surface area (Å²) in [6.45, 7) is 1.88. The van der Waals surface area contributed by atoms with Crippen LogP contribution in [-0.2, 0) is 11.2 Å². The fraction of sp³-hybridized carbons (Fsp3) is 0.235. The maximum Gasteiger partial charge on any atom is 0.220 e. The van der Waals surface area contributed by atoms with E-state index in [1.807, 2.05) is 31.2 Å². The highest BCUT2D eigenvalue weighted by molar-refractivity contribution is 6.31. The van der Waals surface area contributed by atoms with Crippen LogP contribution in [0.3, 0.4) is 0 Å². The summed E-state index contributed by atoms with van der Waals surface area (Å²) in [5.41, 5.74) is 1.84. The fourth-order valence-electron chi connectivity index (χ4n) is 2.10. The van der Waals surface area contributed by atoms with Gasteiger partial charge in [0, 0.05) is 11.4 Å². The zero-order valence-electron chi connectivity index (χ0n) is 11.8. The van der Waals surface area contributed by atoms with Gasteiger partial charge in [0.1, 0.15) is 5.82 Å². The molecule has 0 heterocycles. The van der Waals surface area contributed by atoms with Gasteiger partial charge in [-0.2, -0.15) is 0 Å². The normalized spacial score (nSPS) is 12.0. The molecule has 1 N–H and O–H groups in total. The Morgan fingerprint density at radius 1 is 1.19 bits per heavy atom. The third-order valence-corrected chi connectivity index (χ3v) is 3.70. The van der Waals surface area contributed by atoms with Crippen molar-refractivity contribution in [2.45, 2.75) is 25.8 Å². The van der Waals surface area contributed by atoms with Crippen LogP contribution in [0.1, 0.15) is 30.5 Å². The second-order valence-corrected chi connectivity index (χ2v) is 5.34. The van der Waals surface area contributed by atoms with E-state index in [9.17, 15) is 9.18 Å². The van der Waals surface area contributed by atoms with E-state index in [1.54, 1.807) is 12.1 Å². The number of rotatable bonds is 5. The fourth-order valence-corrected chi connectivity index (χ4v) is 2.33. The molecule has 2 nitrogen and oxygen atoms in total. The Kier molecular flexibility index (Phi) is 5.34. The number of hydrogen-bond donors (Lipinski definition) is 1. The van der Waals surface area contributed by atoms with Crippen LogP contribution in [0.25, 0.3) is 0 Å². The van der Waals surface area contributed by atoms with Gasteiger partial charge in [-0.3, -0.25) is 4.79 Å². The number of benzene rings is 2. The molecule has 110 valence electrons. The van der Waals surface area contributed by atoms with Gasteiger partial charge < -0.3 is 5.32 Å². The number of aryl methyl sites for hydroxylation is 1. The number of carbonyl (C=O) groups excluding carboxylic acids is 1. The zero-order chi connectivity index (χ0) is 15.2. The molecule has 21 heavy (non-hydrogen) atoms. The standard InChI is InChI=1S/C17H17ClFNO/c1-12(13-6-9-15(19)10-7-13)20-17(21)11-8-14-4-2-3-5-16(14)18/h2-7,9-10,12H,8,11H2,1H3,(H,20,21)/t12-/m0/s1.